The molecule has 1 saturated heterocycles. The minimum absolute atomic E-state index is 0. The number of furan rings is 1. The van der Waals surface area contributed by atoms with Crippen LogP contribution in [0.1, 0.15) is 19.6 Å². The molecular formula is C18H27IN6O2. The lowest BCUT2D eigenvalue weighted by Gasteiger charge is -2.36. The van der Waals surface area contributed by atoms with Crippen LogP contribution in [0.5, 0.6) is 0 Å². The van der Waals surface area contributed by atoms with Gasteiger partial charge in [0.15, 0.2) is 5.96 Å². The summed E-state index contributed by atoms with van der Waals surface area (Å²) in [5, 5.41) is 7.52. The lowest BCUT2D eigenvalue weighted by Crippen LogP contribution is -2.56. The molecule has 9 heteroatoms. The summed E-state index contributed by atoms with van der Waals surface area (Å²) >= 11 is 0. The fourth-order valence-electron chi connectivity index (χ4n) is 2.90. The summed E-state index contributed by atoms with van der Waals surface area (Å²) < 4.78 is 7.06. The Kier molecular flexibility index (Phi) is 7.69. The second-order valence-electron chi connectivity index (χ2n) is 6.67. The molecule has 2 aromatic heterocycles. The van der Waals surface area contributed by atoms with Gasteiger partial charge in [0, 0.05) is 45.3 Å². The molecule has 2 aromatic rings. The van der Waals surface area contributed by atoms with Crippen molar-refractivity contribution < 1.29 is 9.21 Å². The van der Waals surface area contributed by atoms with E-state index in [-0.39, 0.29) is 35.9 Å². The van der Waals surface area contributed by atoms with E-state index in [1.165, 1.54) is 0 Å². The van der Waals surface area contributed by atoms with Crippen molar-refractivity contribution in [3.63, 3.8) is 0 Å². The molecule has 0 radical (unpaired) electrons. The van der Waals surface area contributed by atoms with Gasteiger partial charge in [0.1, 0.15) is 12.3 Å². The number of halogens is 1. The normalized spacial score (nSPS) is 15.3. The van der Waals surface area contributed by atoms with E-state index in [1.54, 1.807) is 22.0 Å². The number of rotatable bonds is 5. The van der Waals surface area contributed by atoms with Crippen LogP contribution in [0.25, 0.3) is 0 Å². The maximum Gasteiger partial charge on any atom is 0.246 e. The van der Waals surface area contributed by atoms with Gasteiger partial charge in [-0.1, -0.05) is 0 Å². The molecule has 1 amide bonds. The molecule has 3 heterocycles. The van der Waals surface area contributed by atoms with E-state index in [9.17, 15) is 4.79 Å². The van der Waals surface area contributed by atoms with Crippen LogP contribution in [0, 0.1) is 0 Å². The first-order chi connectivity index (χ1) is 12.5. The Labute approximate surface area is 176 Å². The third-order valence-electron chi connectivity index (χ3n) is 4.14. The molecule has 0 aromatic carbocycles. The molecule has 0 unspecified atom stereocenters. The number of anilines is 1. The molecule has 0 bridgehead atoms. The van der Waals surface area contributed by atoms with E-state index in [0.29, 0.717) is 19.6 Å². The molecule has 0 aliphatic carbocycles. The molecule has 148 valence electrons. The second-order valence-corrected chi connectivity index (χ2v) is 6.67. The van der Waals surface area contributed by atoms with E-state index in [0.717, 1.165) is 30.4 Å². The molecule has 1 aliphatic heterocycles. The smallest absolute Gasteiger partial charge is 0.246 e. The zero-order valence-electron chi connectivity index (χ0n) is 16.0. The third kappa shape index (κ3) is 5.72. The quantitative estimate of drug-likeness (QED) is 0.397. The maximum atomic E-state index is 12.6. The van der Waals surface area contributed by atoms with Crippen molar-refractivity contribution in [1.82, 2.24) is 20.0 Å². The predicted octanol–water partition coefficient (Wildman–Crippen LogP) is 1.88. The average molecular weight is 486 g/mol. The zero-order valence-corrected chi connectivity index (χ0v) is 18.3. The fraction of sp³-hybridized carbons (Fsp3) is 0.500. The number of nitrogens with one attached hydrogen (secondary N) is 1. The Bertz CT molecular complexity index is 756. The highest BCUT2D eigenvalue weighted by atomic mass is 127. The Morgan fingerprint density at radius 2 is 2.22 bits per heavy atom. The van der Waals surface area contributed by atoms with Gasteiger partial charge in [0.05, 0.1) is 18.1 Å². The first-order valence-electron chi connectivity index (χ1n) is 8.90. The topological polar surface area (TPSA) is 78.9 Å². The largest absolute Gasteiger partial charge is 0.469 e. The number of carbonyl (C=O) groups is 1. The van der Waals surface area contributed by atoms with Gasteiger partial charge in [-0.2, -0.15) is 5.10 Å². The molecule has 0 spiro atoms. The molecule has 3 rings (SSSR count). The van der Waals surface area contributed by atoms with Crippen LogP contribution in [-0.2, 0) is 18.3 Å². The summed E-state index contributed by atoms with van der Waals surface area (Å²) in [4.78, 5) is 21.1. The summed E-state index contributed by atoms with van der Waals surface area (Å²) in [7, 11) is 1.85. The lowest BCUT2D eigenvalue weighted by atomic mass is 10.3. The van der Waals surface area contributed by atoms with Gasteiger partial charge in [0.25, 0.3) is 0 Å². The number of aryl methyl sites for hydroxylation is 1. The number of carbonyl (C=O) groups excluding carboxylic acids is 1. The van der Waals surface area contributed by atoms with Gasteiger partial charge < -0.3 is 19.5 Å². The fourth-order valence-corrected chi connectivity index (χ4v) is 2.90. The summed E-state index contributed by atoms with van der Waals surface area (Å²) in [6.45, 7) is 6.38. The molecule has 1 aliphatic rings. The number of amides is 1. The first-order valence-corrected chi connectivity index (χ1v) is 8.90. The first kappa shape index (κ1) is 21.3. The highest BCUT2D eigenvalue weighted by molar-refractivity contribution is 14.0. The number of hydrogen-bond donors (Lipinski definition) is 1. The van der Waals surface area contributed by atoms with Gasteiger partial charge in [-0.25, -0.2) is 0 Å². The average Bonchev–Trinajstić information content (AvgIpc) is 3.25. The van der Waals surface area contributed by atoms with Gasteiger partial charge in [0.2, 0.25) is 5.91 Å². The van der Waals surface area contributed by atoms with Crippen LogP contribution in [0.4, 0.5) is 5.69 Å². The Morgan fingerprint density at radius 3 is 2.81 bits per heavy atom. The minimum atomic E-state index is 0. The van der Waals surface area contributed by atoms with Crippen molar-refractivity contribution in [3.8, 4) is 0 Å². The van der Waals surface area contributed by atoms with E-state index in [2.05, 4.69) is 29.3 Å². The maximum absolute atomic E-state index is 12.6. The third-order valence-corrected chi connectivity index (χ3v) is 4.14. The number of hydrogen-bond acceptors (Lipinski definition) is 4. The van der Waals surface area contributed by atoms with Gasteiger partial charge in [-0.3, -0.25) is 14.5 Å². The number of nitrogens with zero attached hydrogens (tertiary/aromatic N) is 5. The van der Waals surface area contributed by atoms with Crippen molar-refractivity contribution in [2.45, 2.75) is 26.3 Å². The zero-order chi connectivity index (χ0) is 18.5. The Hall–Kier alpha value is -2.04. The van der Waals surface area contributed by atoms with Crippen LogP contribution in [0.3, 0.4) is 0 Å². The van der Waals surface area contributed by atoms with E-state index in [1.807, 2.05) is 30.3 Å². The lowest BCUT2D eigenvalue weighted by molar-refractivity contribution is -0.120. The van der Waals surface area contributed by atoms with Crippen molar-refractivity contribution in [2.75, 3.05) is 31.1 Å². The van der Waals surface area contributed by atoms with Crippen LogP contribution in [0.2, 0.25) is 0 Å². The van der Waals surface area contributed by atoms with E-state index < -0.39 is 0 Å². The van der Waals surface area contributed by atoms with Crippen LogP contribution < -0.4 is 10.2 Å². The van der Waals surface area contributed by atoms with Crippen molar-refractivity contribution in [3.05, 3.63) is 36.5 Å². The SMILES string of the molecule is CC(C)NC(=NCCc1ccco1)N1CCN(c2cnn(C)c2)C(=O)C1.I. The Morgan fingerprint density at radius 1 is 1.41 bits per heavy atom. The summed E-state index contributed by atoms with van der Waals surface area (Å²) in [6.07, 6.45) is 5.99. The van der Waals surface area contributed by atoms with Crippen molar-refractivity contribution in [1.29, 1.82) is 0 Å². The van der Waals surface area contributed by atoms with E-state index in [4.69, 9.17) is 4.42 Å². The summed E-state index contributed by atoms with van der Waals surface area (Å²) in [6, 6.07) is 4.06. The van der Waals surface area contributed by atoms with Crippen LogP contribution >= 0.6 is 24.0 Å². The molecule has 1 N–H and O–H groups in total. The van der Waals surface area contributed by atoms with Crippen LogP contribution in [0.15, 0.2) is 40.2 Å². The summed E-state index contributed by atoms with van der Waals surface area (Å²) in [5.41, 5.74) is 0.838. The number of aromatic nitrogens is 2. The molecule has 1 fully saturated rings. The number of guanidine groups is 1. The van der Waals surface area contributed by atoms with Gasteiger partial charge >= 0.3 is 0 Å². The monoisotopic (exact) mass is 486 g/mol. The predicted molar refractivity (Wildman–Crippen MR) is 116 cm³/mol. The van der Waals surface area contributed by atoms with Gasteiger partial charge in [-0.15, -0.1) is 24.0 Å². The van der Waals surface area contributed by atoms with Gasteiger partial charge in [-0.05, 0) is 26.0 Å². The van der Waals surface area contributed by atoms with Crippen LogP contribution in [-0.4, -0.2) is 58.8 Å². The van der Waals surface area contributed by atoms with E-state index >= 15 is 0 Å². The molecule has 27 heavy (non-hydrogen) atoms. The molecular weight excluding hydrogens is 459 g/mol. The summed E-state index contributed by atoms with van der Waals surface area (Å²) in [5.74, 6) is 1.73. The highest BCUT2D eigenvalue weighted by Gasteiger charge is 2.28. The second kappa shape index (κ2) is 9.77. The number of aliphatic imine (C=N–C) groups is 1. The van der Waals surface area contributed by atoms with Crippen molar-refractivity contribution in [2.24, 2.45) is 12.0 Å². The molecule has 0 saturated carbocycles. The standard InChI is InChI=1S/C18H26N6O2.HI/c1-14(2)21-18(19-7-6-16-5-4-10-26-16)23-8-9-24(17(25)13-23)15-11-20-22(3)12-15;/h4-5,10-12,14H,6-9,13H2,1-3H3,(H,19,21);1H. The minimum Gasteiger partial charge on any atom is -0.469 e. The van der Waals surface area contributed by atoms with Crippen molar-refractivity contribution >= 4 is 41.5 Å². The molecule has 0 atom stereocenters. The molecule has 8 nitrogen and oxygen atoms in total. The highest BCUT2D eigenvalue weighted by Crippen LogP contribution is 2.16. The Balaban J connectivity index is 0.00000261. The number of piperazine rings is 1.